The maximum absolute atomic E-state index is 5.87. The van der Waals surface area contributed by atoms with E-state index in [0.29, 0.717) is 11.0 Å². The summed E-state index contributed by atoms with van der Waals surface area (Å²) in [6, 6.07) is 0. The molecule has 0 bridgehead atoms. The predicted octanol–water partition coefficient (Wildman–Crippen LogP) is 1.54. The standard InChI is InChI=1S/C11H18O5S2/c1-11(2)15-6-5-13-9(12-3)8(7(6)16-11)14-10(17)18-4/h6-9H,5H2,1-4H3/t6-,7-,8-,9-/m1/s1. The fraction of sp³-hybridized carbons (Fsp3) is 0.909. The van der Waals surface area contributed by atoms with Crippen molar-refractivity contribution in [2.24, 2.45) is 0 Å². The molecular weight excluding hydrogens is 276 g/mol. The normalized spacial score (nSPS) is 38.2. The fourth-order valence-corrected chi connectivity index (χ4v) is 2.51. The Morgan fingerprint density at radius 3 is 2.72 bits per heavy atom. The van der Waals surface area contributed by atoms with E-state index >= 15 is 0 Å². The first-order chi connectivity index (χ1) is 8.46. The molecule has 104 valence electrons. The molecule has 0 N–H and O–H groups in total. The molecule has 0 amide bonds. The lowest BCUT2D eigenvalue weighted by molar-refractivity contribution is -0.236. The minimum Gasteiger partial charge on any atom is -0.467 e. The smallest absolute Gasteiger partial charge is 0.220 e. The van der Waals surface area contributed by atoms with Crippen LogP contribution in [-0.2, 0) is 23.7 Å². The molecule has 0 unspecified atom stereocenters. The molecule has 0 spiro atoms. The average molecular weight is 294 g/mol. The number of methoxy groups -OCH3 is 1. The molecule has 0 saturated carbocycles. The Morgan fingerprint density at radius 2 is 2.11 bits per heavy atom. The van der Waals surface area contributed by atoms with Crippen LogP contribution in [0.1, 0.15) is 13.8 Å². The summed E-state index contributed by atoms with van der Waals surface area (Å²) in [4.78, 5) is 0. The molecule has 0 radical (unpaired) electrons. The van der Waals surface area contributed by atoms with Crippen molar-refractivity contribution in [3.05, 3.63) is 0 Å². The number of ether oxygens (including phenoxy) is 5. The number of hydrogen-bond acceptors (Lipinski definition) is 7. The van der Waals surface area contributed by atoms with Gasteiger partial charge in [-0.25, -0.2) is 0 Å². The lowest BCUT2D eigenvalue weighted by atomic mass is 10.1. The number of fused-ring (bicyclic) bond motifs is 1. The molecular formula is C11H18O5S2. The summed E-state index contributed by atoms with van der Waals surface area (Å²) in [5.41, 5.74) is 0. The highest BCUT2D eigenvalue weighted by atomic mass is 32.2. The van der Waals surface area contributed by atoms with E-state index in [1.807, 2.05) is 20.1 Å². The Labute approximate surface area is 116 Å². The highest BCUT2D eigenvalue weighted by molar-refractivity contribution is 8.22. The summed E-state index contributed by atoms with van der Waals surface area (Å²) >= 11 is 6.45. The van der Waals surface area contributed by atoms with Crippen LogP contribution in [0.2, 0.25) is 0 Å². The molecule has 2 heterocycles. The van der Waals surface area contributed by atoms with Gasteiger partial charge in [-0.1, -0.05) is 11.8 Å². The Balaban J connectivity index is 2.12. The molecule has 2 rings (SSSR count). The zero-order chi connectivity index (χ0) is 13.3. The van der Waals surface area contributed by atoms with Crippen molar-refractivity contribution in [2.45, 2.75) is 44.2 Å². The third-order valence-electron chi connectivity index (χ3n) is 2.87. The van der Waals surface area contributed by atoms with Gasteiger partial charge in [-0.05, 0) is 32.3 Å². The van der Waals surface area contributed by atoms with Crippen molar-refractivity contribution in [3.63, 3.8) is 0 Å². The number of thiocarbonyl (C=S) groups is 1. The lowest BCUT2D eigenvalue weighted by Crippen LogP contribution is -2.53. The summed E-state index contributed by atoms with van der Waals surface area (Å²) < 4.78 is 28.6. The number of hydrogen-bond donors (Lipinski definition) is 0. The van der Waals surface area contributed by atoms with Crippen molar-refractivity contribution in [1.29, 1.82) is 0 Å². The number of rotatable bonds is 2. The fourth-order valence-electron chi connectivity index (χ4n) is 2.19. The molecule has 2 saturated heterocycles. The maximum Gasteiger partial charge on any atom is 0.220 e. The van der Waals surface area contributed by atoms with Crippen molar-refractivity contribution >= 4 is 28.4 Å². The monoisotopic (exact) mass is 294 g/mol. The largest absolute Gasteiger partial charge is 0.467 e. The molecule has 2 aliphatic rings. The van der Waals surface area contributed by atoms with Crippen LogP contribution in [0, 0.1) is 0 Å². The molecule has 18 heavy (non-hydrogen) atoms. The first-order valence-corrected chi connectivity index (χ1v) is 7.35. The van der Waals surface area contributed by atoms with Crippen molar-refractivity contribution < 1.29 is 23.7 Å². The van der Waals surface area contributed by atoms with E-state index in [9.17, 15) is 0 Å². The third-order valence-corrected chi connectivity index (χ3v) is 3.90. The van der Waals surface area contributed by atoms with Gasteiger partial charge >= 0.3 is 0 Å². The summed E-state index contributed by atoms with van der Waals surface area (Å²) in [7, 11) is 1.57. The summed E-state index contributed by atoms with van der Waals surface area (Å²) in [6.07, 6.45) is 0.579. The van der Waals surface area contributed by atoms with E-state index in [2.05, 4.69) is 0 Å². The van der Waals surface area contributed by atoms with Crippen molar-refractivity contribution in [3.8, 4) is 0 Å². The molecule has 0 aromatic rings. The van der Waals surface area contributed by atoms with Crippen molar-refractivity contribution in [1.82, 2.24) is 0 Å². The van der Waals surface area contributed by atoms with Crippen LogP contribution >= 0.6 is 24.0 Å². The maximum atomic E-state index is 5.87. The molecule has 5 nitrogen and oxygen atoms in total. The average Bonchev–Trinajstić information content (AvgIpc) is 2.64. The molecule has 0 aromatic carbocycles. The lowest BCUT2D eigenvalue weighted by Gasteiger charge is -2.36. The van der Waals surface area contributed by atoms with Crippen LogP contribution in [-0.4, -0.2) is 54.7 Å². The van der Waals surface area contributed by atoms with E-state index in [-0.39, 0.29) is 12.2 Å². The second-order valence-electron chi connectivity index (χ2n) is 4.61. The van der Waals surface area contributed by atoms with Gasteiger partial charge in [0.25, 0.3) is 0 Å². The molecule has 0 aromatic heterocycles. The van der Waals surface area contributed by atoms with Crippen LogP contribution in [0.25, 0.3) is 0 Å². The van der Waals surface area contributed by atoms with Gasteiger partial charge in [0, 0.05) is 7.11 Å². The van der Waals surface area contributed by atoms with E-state index in [1.54, 1.807) is 7.11 Å². The van der Waals surface area contributed by atoms with Gasteiger partial charge in [-0.15, -0.1) is 0 Å². The van der Waals surface area contributed by atoms with Crippen LogP contribution in [0.4, 0.5) is 0 Å². The quantitative estimate of drug-likeness (QED) is 0.716. The van der Waals surface area contributed by atoms with Crippen LogP contribution in [0.3, 0.4) is 0 Å². The zero-order valence-electron chi connectivity index (χ0n) is 10.9. The van der Waals surface area contributed by atoms with E-state index in [0.717, 1.165) is 0 Å². The van der Waals surface area contributed by atoms with Gasteiger partial charge in [0.05, 0.1) is 6.61 Å². The van der Waals surface area contributed by atoms with Gasteiger partial charge < -0.3 is 23.7 Å². The molecule has 2 aliphatic heterocycles. The van der Waals surface area contributed by atoms with E-state index in [4.69, 9.17) is 35.9 Å². The SMILES string of the molecule is CO[C@@H]1OC[C@H]2OC(C)(C)O[C@H]2[C@H]1OC(=S)SC. The van der Waals surface area contributed by atoms with Gasteiger partial charge in [0.15, 0.2) is 18.2 Å². The van der Waals surface area contributed by atoms with E-state index in [1.165, 1.54) is 11.8 Å². The highest BCUT2D eigenvalue weighted by Crippen LogP contribution is 2.36. The zero-order valence-corrected chi connectivity index (χ0v) is 12.5. The molecule has 0 aliphatic carbocycles. The Kier molecular flexibility index (Phi) is 4.51. The molecule has 7 heteroatoms. The van der Waals surface area contributed by atoms with Gasteiger partial charge in [0.1, 0.15) is 12.2 Å². The van der Waals surface area contributed by atoms with Crippen LogP contribution in [0.5, 0.6) is 0 Å². The predicted molar refractivity (Wildman–Crippen MR) is 71.6 cm³/mol. The first kappa shape index (κ1) is 14.5. The second kappa shape index (κ2) is 5.60. The minimum atomic E-state index is -0.635. The molecule has 4 atom stereocenters. The third kappa shape index (κ3) is 2.97. The number of thioether (sulfide) groups is 1. The van der Waals surface area contributed by atoms with Crippen molar-refractivity contribution in [2.75, 3.05) is 20.0 Å². The Bertz CT molecular complexity index is 323. The Hall–Kier alpha value is 0.0800. The van der Waals surface area contributed by atoms with Crippen LogP contribution < -0.4 is 0 Å². The second-order valence-corrected chi connectivity index (χ2v) is 6.02. The first-order valence-electron chi connectivity index (χ1n) is 5.71. The minimum absolute atomic E-state index is 0.152. The van der Waals surface area contributed by atoms with Crippen LogP contribution in [0.15, 0.2) is 0 Å². The van der Waals surface area contributed by atoms with Gasteiger partial charge in [-0.3, -0.25) is 0 Å². The Morgan fingerprint density at radius 1 is 1.39 bits per heavy atom. The topological polar surface area (TPSA) is 46.2 Å². The van der Waals surface area contributed by atoms with Gasteiger partial charge in [-0.2, -0.15) is 0 Å². The summed E-state index contributed by atoms with van der Waals surface area (Å²) in [5, 5.41) is 0. The highest BCUT2D eigenvalue weighted by Gasteiger charge is 2.52. The summed E-state index contributed by atoms with van der Waals surface area (Å²) in [5.74, 6) is -0.635. The molecule has 2 fully saturated rings. The van der Waals surface area contributed by atoms with Gasteiger partial charge in [0.2, 0.25) is 4.38 Å². The van der Waals surface area contributed by atoms with E-state index < -0.39 is 18.2 Å². The summed E-state index contributed by atoms with van der Waals surface area (Å²) in [6.45, 7) is 4.17.